The SMILES string of the molecule is Cc1[nH]cnc1CCC(N)=O. The van der Waals surface area contributed by atoms with Gasteiger partial charge in [-0.15, -0.1) is 0 Å². The number of H-pyrrole nitrogens is 1. The molecular formula is C7H11N3O. The quantitative estimate of drug-likeness (QED) is 0.648. The van der Waals surface area contributed by atoms with E-state index in [9.17, 15) is 4.79 Å². The van der Waals surface area contributed by atoms with Crippen LogP contribution in [0.15, 0.2) is 6.33 Å². The first-order valence-corrected chi connectivity index (χ1v) is 3.47. The zero-order valence-electron chi connectivity index (χ0n) is 6.42. The summed E-state index contributed by atoms with van der Waals surface area (Å²) in [6, 6.07) is 0. The number of carbonyl (C=O) groups is 1. The second-order valence-corrected chi connectivity index (χ2v) is 2.44. The molecule has 0 atom stereocenters. The number of nitrogens with one attached hydrogen (secondary N) is 1. The van der Waals surface area contributed by atoms with Gasteiger partial charge in [0.1, 0.15) is 0 Å². The smallest absolute Gasteiger partial charge is 0.217 e. The van der Waals surface area contributed by atoms with Crippen molar-refractivity contribution in [3.05, 3.63) is 17.7 Å². The maximum absolute atomic E-state index is 10.4. The molecule has 4 heteroatoms. The van der Waals surface area contributed by atoms with E-state index < -0.39 is 0 Å². The number of imidazole rings is 1. The van der Waals surface area contributed by atoms with E-state index in [1.807, 2.05) is 6.92 Å². The van der Waals surface area contributed by atoms with Gasteiger partial charge in [-0.05, 0) is 6.92 Å². The minimum absolute atomic E-state index is 0.285. The van der Waals surface area contributed by atoms with E-state index in [2.05, 4.69) is 9.97 Å². The number of nitrogens with two attached hydrogens (primary N) is 1. The second-order valence-electron chi connectivity index (χ2n) is 2.44. The summed E-state index contributed by atoms with van der Waals surface area (Å²) in [4.78, 5) is 17.3. The summed E-state index contributed by atoms with van der Waals surface area (Å²) in [7, 11) is 0. The lowest BCUT2D eigenvalue weighted by atomic mass is 10.2. The molecule has 1 amide bonds. The Morgan fingerprint density at radius 1 is 1.82 bits per heavy atom. The Kier molecular flexibility index (Phi) is 2.25. The van der Waals surface area contributed by atoms with E-state index >= 15 is 0 Å². The minimum Gasteiger partial charge on any atom is -0.370 e. The van der Waals surface area contributed by atoms with E-state index in [1.54, 1.807) is 6.33 Å². The summed E-state index contributed by atoms with van der Waals surface area (Å²) >= 11 is 0. The van der Waals surface area contributed by atoms with Gasteiger partial charge >= 0.3 is 0 Å². The van der Waals surface area contributed by atoms with Gasteiger partial charge < -0.3 is 10.7 Å². The maximum Gasteiger partial charge on any atom is 0.217 e. The number of aromatic nitrogens is 2. The van der Waals surface area contributed by atoms with E-state index in [-0.39, 0.29) is 5.91 Å². The number of aryl methyl sites for hydroxylation is 2. The first-order valence-electron chi connectivity index (χ1n) is 3.47. The topological polar surface area (TPSA) is 71.8 Å². The molecule has 1 heterocycles. The maximum atomic E-state index is 10.4. The first kappa shape index (κ1) is 7.78. The molecule has 0 fully saturated rings. The summed E-state index contributed by atoms with van der Waals surface area (Å²) in [6.07, 6.45) is 2.61. The minimum atomic E-state index is -0.285. The Hall–Kier alpha value is -1.32. The van der Waals surface area contributed by atoms with Crippen molar-refractivity contribution in [2.45, 2.75) is 19.8 Å². The van der Waals surface area contributed by atoms with E-state index in [0.29, 0.717) is 12.8 Å². The molecule has 0 spiro atoms. The number of primary amides is 1. The van der Waals surface area contributed by atoms with Crippen LogP contribution in [0, 0.1) is 6.92 Å². The van der Waals surface area contributed by atoms with E-state index in [4.69, 9.17) is 5.73 Å². The molecule has 11 heavy (non-hydrogen) atoms. The molecule has 0 unspecified atom stereocenters. The molecule has 0 aromatic carbocycles. The van der Waals surface area contributed by atoms with Crippen LogP contribution < -0.4 is 5.73 Å². The highest BCUT2D eigenvalue weighted by Gasteiger charge is 2.01. The summed E-state index contributed by atoms with van der Waals surface area (Å²) in [5.41, 5.74) is 6.91. The summed E-state index contributed by atoms with van der Waals surface area (Å²) in [6.45, 7) is 1.92. The molecule has 1 aromatic heterocycles. The summed E-state index contributed by atoms with van der Waals surface area (Å²) < 4.78 is 0. The van der Waals surface area contributed by atoms with Gasteiger partial charge in [0.15, 0.2) is 0 Å². The van der Waals surface area contributed by atoms with Gasteiger partial charge in [-0.1, -0.05) is 0 Å². The van der Waals surface area contributed by atoms with Gasteiger partial charge in [-0.25, -0.2) is 4.98 Å². The van der Waals surface area contributed by atoms with Crippen molar-refractivity contribution >= 4 is 5.91 Å². The molecule has 0 aliphatic rings. The van der Waals surface area contributed by atoms with Gasteiger partial charge in [0.2, 0.25) is 5.91 Å². The monoisotopic (exact) mass is 153 g/mol. The normalized spacial score (nSPS) is 9.91. The van der Waals surface area contributed by atoms with Crippen LogP contribution in [0.2, 0.25) is 0 Å². The van der Waals surface area contributed by atoms with Crippen LogP contribution in [-0.4, -0.2) is 15.9 Å². The predicted octanol–water partition coefficient (Wildman–Crippen LogP) is 0.136. The van der Waals surface area contributed by atoms with Crippen LogP contribution in [-0.2, 0) is 11.2 Å². The second kappa shape index (κ2) is 3.18. The molecule has 0 saturated heterocycles. The lowest BCUT2D eigenvalue weighted by molar-refractivity contribution is -0.118. The number of hydrogen-bond acceptors (Lipinski definition) is 2. The number of aromatic amines is 1. The van der Waals surface area contributed by atoms with Crippen molar-refractivity contribution in [2.24, 2.45) is 5.73 Å². The van der Waals surface area contributed by atoms with Crippen molar-refractivity contribution in [2.75, 3.05) is 0 Å². The predicted molar refractivity (Wildman–Crippen MR) is 40.8 cm³/mol. The lowest BCUT2D eigenvalue weighted by Crippen LogP contribution is -2.11. The van der Waals surface area contributed by atoms with Crippen LogP contribution in [0.3, 0.4) is 0 Å². The molecule has 0 saturated carbocycles. The van der Waals surface area contributed by atoms with Crippen LogP contribution in [0.1, 0.15) is 17.8 Å². The highest BCUT2D eigenvalue weighted by molar-refractivity contribution is 5.73. The van der Waals surface area contributed by atoms with Gasteiger partial charge in [0.25, 0.3) is 0 Å². The third-order valence-corrected chi connectivity index (χ3v) is 1.54. The van der Waals surface area contributed by atoms with Crippen LogP contribution >= 0.6 is 0 Å². The van der Waals surface area contributed by atoms with Crippen molar-refractivity contribution < 1.29 is 4.79 Å². The molecule has 60 valence electrons. The molecule has 0 radical (unpaired) electrons. The van der Waals surface area contributed by atoms with Gasteiger partial charge in [-0.2, -0.15) is 0 Å². The number of amides is 1. The molecule has 0 aliphatic heterocycles. The Morgan fingerprint density at radius 3 is 3.00 bits per heavy atom. The van der Waals surface area contributed by atoms with E-state index in [1.165, 1.54) is 0 Å². The lowest BCUT2D eigenvalue weighted by Gasteiger charge is -1.93. The zero-order chi connectivity index (χ0) is 8.27. The fourth-order valence-electron chi connectivity index (χ4n) is 0.881. The molecular weight excluding hydrogens is 142 g/mol. The fourth-order valence-corrected chi connectivity index (χ4v) is 0.881. The Morgan fingerprint density at radius 2 is 2.55 bits per heavy atom. The average molecular weight is 153 g/mol. The Labute approximate surface area is 64.8 Å². The van der Waals surface area contributed by atoms with Gasteiger partial charge in [0, 0.05) is 18.5 Å². The van der Waals surface area contributed by atoms with Crippen molar-refractivity contribution in [1.82, 2.24) is 9.97 Å². The third kappa shape index (κ3) is 2.07. The first-order chi connectivity index (χ1) is 5.20. The van der Waals surface area contributed by atoms with E-state index in [0.717, 1.165) is 11.4 Å². The van der Waals surface area contributed by atoms with Crippen molar-refractivity contribution in [3.8, 4) is 0 Å². The molecule has 1 rings (SSSR count). The molecule has 0 bridgehead atoms. The standard InChI is InChI=1S/C7H11N3O/c1-5-6(10-4-9-5)2-3-7(8)11/h4H,2-3H2,1H3,(H2,8,11)(H,9,10). The van der Waals surface area contributed by atoms with Crippen LogP contribution in [0.5, 0.6) is 0 Å². The third-order valence-electron chi connectivity index (χ3n) is 1.54. The van der Waals surface area contributed by atoms with Crippen molar-refractivity contribution in [3.63, 3.8) is 0 Å². The number of nitrogens with zero attached hydrogens (tertiary/aromatic N) is 1. The average Bonchev–Trinajstić information content (AvgIpc) is 2.31. The molecule has 0 aliphatic carbocycles. The number of carbonyl (C=O) groups excluding carboxylic acids is 1. The highest BCUT2D eigenvalue weighted by Crippen LogP contribution is 2.02. The highest BCUT2D eigenvalue weighted by atomic mass is 16.1. The molecule has 4 nitrogen and oxygen atoms in total. The largest absolute Gasteiger partial charge is 0.370 e. The summed E-state index contributed by atoms with van der Waals surface area (Å²) in [5, 5.41) is 0. The fraction of sp³-hybridized carbons (Fsp3) is 0.429. The number of rotatable bonds is 3. The van der Waals surface area contributed by atoms with Crippen molar-refractivity contribution in [1.29, 1.82) is 0 Å². The molecule has 3 N–H and O–H groups in total. The van der Waals surface area contributed by atoms with Crippen LogP contribution in [0.25, 0.3) is 0 Å². The van der Waals surface area contributed by atoms with Gasteiger partial charge in [0.05, 0.1) is 12.0 Å². The van der Waals surface area contributed by atoms with Gasteiger partial charge in [-0.3, -0.25) is 4.79 Å². The zero-order valence-corrected chi connectivity index (χ0v) is 6.42. The Bertz CT molecular complexity index is 254. The molecule has 1 aromatic rings. The van der Waals surface area contributed by atoms with Crippen LogP contribution in [0.4, 0.5) is 0 Å². The Balaban J connectivity index is 2.51. The summed E-state index contributed by atoms with van der Waals surface area (Å²) in [5.74, 6) is -0.285. The number of hydrogen-bond donors (Lipinski definition) is 2.